The predicted molar refractivity (Wildman–Crippen MR) is 180 cm³/mol. The van der Waals surface area contributed by atoms with Gasteiger partial charge in [0.2, 0.25) is 0 Å². The second-order valence-electron chi connectivity index (χ2n) is 14.5. The topological polar surface area (TPSA) is 55.7 Å². The molecule has 0 aromatic heterocycles. The Hall–Kier alpha value is -3.44. The van der Waals surface area contributed by atoms with E-state index in [9.17, 15) is 10.2 Å². The maximum Gasteiger partial charge on any atom is 0.0852 e. The van der Waals surface area contributed by atoms with E-state index in [0.717, 1.165) is 38.8 Å². The summed E-state index contributed by atoms with van der Waals surface area (Å²) in [5.74, 6) is -0.0733. The number of nitrogens with zero attached hydrogens (tertiary/aromatic N) is 1. The van der Waals surface area contributed by atoms with Crippen molar-refractivity contribution < 1.29 is 10.2 Å². The van der Waals surface area contributed by atoms with Crippen molar-refractivity contribution in [2.45, 2.75) is 88.0 Å². The highest BCUT2D eigenvalue weighted by molar-refractivity contribution is 5.83. The smallest absolute Gasteiger partial charge is 0.0852 e. The molecule has 4 nitrogen and oxygen atoms in total. The van der Waals surface area contributed by atoms with Crippen LogP contribution in [-0.4, -0.2) is 47.6 Å². The van der Waals surface area contributed by atoms with E-state index in [1.54, 1.807) is 0 Å². The van der Waals surface area contributed by atoms with E-state index >= 15 is 0 Å². The first kappa shape index (κ1) is 28.1. The predicted octanol–water partition coefficient (Wildman–Crippen LogP) is 7.35. The van der Waals surface area contributed by atoms with Crippen LogP contribution in [0.1, 0.15) is 86.1 Å². The van der Waals surface area contributed by atoms with Gasteiger partial charge in [-0.2, -0.15) is 0 Å². The number of aliphatic hydroxyl groups excluding tert-OH is 2. The molecule has 0 amide bonds. The number of nitrogens with one attached hydrogen (secondary N) is 1. The van der Waals surface area contributed by atoms with Gasteiger partial charge in [0.15, 0.2) is 0 Å². The molecular weight excluding hydrogens is 540 g/mol. The number of hydrogen-bond acceptors (Lipinski definition) is 4. The molecule has 4 aliphatic rings. The highest BCUT2D eigenvalue weighted by Gasteiger charge is 2.43. The van der Waals surface area contributed by atoms with Gasteiger partial charge in [0.25, 0.3) is 0 Å². The second kappa shape index (κ2) is 10.6. The third-order valence-electron chi connectivity index (χ3n) is 11.0. The van der Waals surface area contributed by atoms with Crippen LogP contribution in [0.25, 0.3) is 22.3 Å². The van der Waals surface area contributed by atoms with Crippen molar-refractivity contribution in [3.63, 3.8) is 0 Å². The Morgan fingerprint density at radius 2 is 1.34 bits per heavy atom. The molecule has 2 heterocycles. The molecule has 0 saturated carbocycles. The molecule has 44 heavy (non-hydrogen) atoms. The van der Waals surface area contributed by atoms with Gasteiger partial charge in [0.05, 0.1) is 18.2 Å². The van der Waals surface area contributed by atoms with Gasteiger partial charge in [0.1, 0.15) is 0 Å². The van der Waals surface area contributed by atoms with Gasteiger partial charge in [-0.05, 0) is 99.8 Å². The Bertz CT molecular complexity index is 1670. The minimum absolute atomic E-state index is 0.0302. The van der Waals surface area contributed by atoms with Crippen LogP contribution in [-0.2, 0) is 5.41 Å². The molecule has 4 aromatic carbocycles. The Morgan fingerprint density at radius 3 is 2.02 bits per heavy atom. The Balaban J connectivity index is 1.17. The lowest BCUT2D eigenvalue weighted by Crippen LogP contribution is -2.42. The van der Waals surface area contributed by atoms with Crippen LogP contribution in [0.4, 0.5) is 5.69 Å². The molecular formula is C40H44N2O2. The van der Waals surface area contributed by atoms with Crippen molar-refractivity contribution in [3.8, 4) is 22.3 Å². The van der Waals surface area contributed by atoms with E-state index in [-0.39, 0.29) is 29.3 Å². The molecule has 3 N–H and O–H groups in total. The zero-order valence-electron chi connectivity index (χ0n) is 26.1. The molecule has 8 rings (SSSR count). The average molecular weight is 585 g/mol. The third kappa shape index (κ3) is 4.37. The Morgan fingerprint density at radius 1 is 0.682 bits per heavy atom. The number of rotatable bonds is 5. The van der Waals surface area contributed by atoms with Gasteiger partial charge in [-0.3, -0.25) is 0 Å². The minimum Gasteiger partial charge on any atom is -0.391 e. The van der Waals surface area contributed by atoms with Crippen molar-refractivity contribution in [2.75, 3.05) is 18.0 Å². The largest absolute Gasteiger partial charge is 0.391 e. The van der Waals surface area contributed by atoms with Crippen LogP contribution in [0.5, 0.6) is 0 Å². The molecule has 0 radical (unpaired) electrons. The van der Waals surface area contributed by atoms with Crippen LogP contribution in [0, 0.1) is 0 Å². The molecule has 2 aliphatic heterocycles. The molecule has 5 atom stereocenters. The Kier molecular flexibility index (Phi) is 6.75. The summed E-state index contributed by atoms with van der Waals surface area (Å²) < 4.78 is 0. The van der Waals surface area contributed by atoms with Gasteiger partial charge >= 0.3 is 0 Å². The maximum atomic E-state index is 12.2. The number of fused-ring (bicyclic) bond motifs is 6. The molecule has 2 saturated heterocycles. The van der Waals surface area contributed by atoms with Crippen LogP contribution >= 0.6 is 0 Å². The summed E-state index contributed by atoms with van der Waals surface area (Å²) in [6, 6.07) is 31.1. The maximum absolute atomic E-state index is 12.2. The molecule has 2 fully saturated rings. The summed E-state index contributed by atoms with van der Waals surface area (Å²) in [7, 11) is 0. The molecule has 4 aromatic rings. The third-order valence-corrected chi connectivity index (χ3v) is 11.0. The summed E-state index contributed by atoms with van der Waals surface area (Å²) in [5, 5.41) is 27.6. The standard InChI is InChI=1S/C40H44N2O2/c1-40(2,3)24-16-18-28-32-23-25(17-19-31(32)37(33(28)22-24)38(43)34-14-8-20-41-34)42-21-9-15-35(42)39(44)36-29-12-6-4-10-26(29)27-11-5-7-13-30(27)36/h4-7,10-13,16-19,22-23,34-39,41,43-44H,8-9,14-15,20-21H2,1-3H3/t34-,35-,37?,38-,39-/m0/s1. The van der Waals surface area contributed by atoms with Crippen molar-refractivity contribution in [2.24, 2.45) is 0 Å². The normalized spacial score (nSPS) is 23.8. The van der Waals surface area contributed by atoms with Crippen LogP contribution in [0.15, 0.2) is 84.9 Å². The van der Waals surface area contributed by atoms with E-state index in [2.05, 4.69) is 116 Å². The first-order chi connectivity index (χ1) is 21.3. The second-order valence-corrected chi connectivity index (χ2v) is 14.5. The quantitative estimate of drug-likeness (QED) is 0.230. The summed E-state index contributed by atoms with van der Waals surface area (Å²) >= 11 is 0. The van der Waals surface area contributed by atoms with Gasteiger partial charge in [-0.15, -0.1) is 0 Å². The fourth-order valence-corrected chi connectivity index (χ4v) is 8.78. The molecule has 1 unspecified atom stereocenters. The summed E-state index contributed by atoms with van der Waals surface area (Å²) in [6.45, 7) is 8.70. The van der Waals surface area contributed by atoms with Gasteiger partial charge in [0, 0.05) is 30.1 Å². The zero-order valence-corrected chi connectivity index (χ0v) is 26.1. The lowest BCUT2D eigenvalue weighted by Gasteiger charge is -2.34. The fraction of sp³-hybridized carbons (Fsp3) is 0.400. The van der Waals surface area contributed by atoms with Gasteiger partial charge in [-0.1, -0.05) is 93.6 Å². The molecule has 0 spiro atoms. The van der Waals surface area contributed by atoms with Crippen molar-refractivity contribution >= 4 is 5.69 Å². The lowest BCUT2D eigenvalue weighted by atomic mass is 9.82. The minimum atomic E-state index is -0.514. The number of anilines is 1. The summed E-state index contributed by atoms with van der Waals surface area (Å²) in [6.07, 6.45) is 3.18. The molecule has 0 bridgehead atoms. The van der Waals surface area contributed by atoms with Gasteiger partial charge in [-0.25, -0.2) is 0 Å². The van der Waals surface area contributed by atoms with Crippen molar-refractivity contribution in [1.82, 2.24) is 5.32 Å². The fourth-order valence-electron chi connectivity index (χ4n) is 8.78. The monoisotopic (exact) mass is 584 g/mol. The average Bonchev–Trinajstić information content (AvgIpc) is 3.84. The molecule has 4 heteroatoms. The first-order valence-electron chi connectivity index (χ1n) is 16.6. The highest BCUT2D eigenvalue weighted by atomic mass is 16.3. The Labute approximate surface area is 261 Å². The number of aliphatic hydroxyl groups is 2. The number of hydrogen-bond donors (Lipinski definition) is 3. The molecule has 226 valence electrons. The first-order valence-corrected chi connectivity index (χ1v) is 16.6. The van der Waals surface area contributed by atoms with E-state index in [0.29, 0.717) is 0 Å². The highest BCUT2D eigenvalue weighted by Crippen LogP contribution is 2.51. The zero-order chi connectivity index (χ0) is 30.2. The van der Waals surface area contributed by atoms with Crippen molar-refractivity contribution in [3.05, 3.63) is 113 Å². The lowest BCUT2D eigenvalue weighted by molar-refractivity contribution is 0.120. The SMILES string of the molecule is CC(C)(C)c1ccc2c(c1)C([C@@H](O)[C@@H]1CCCN1)c1ccc(N3CCC[C@H]3[C@H](O)C3c4ccccc4-c4ccccc43)cc1-2. The summed E-state index contributed by atoms with van der Waals surface area (Å²) in [4.78, 5) is 2.46. The van der Waals surface area contributed by atoms with Crippen LogP contribution < -0.4 is 10.2 Å². The molecule has 2 aliphatic carbocycles. The van der Waals surface area contributed by atoms with Crippen LogP contribution in [0.2, 0.25) is 0 Å². The summed E-state index contributed by atoms with van der Waals surface area (Å²) in [5.41, 5.74) is 12.4. The van der Waals surface area contributed by atoms with E-state index in [4.69, 9.17) is 0 Å². The van der Waals surface area contributed by atoms with E-state index in [1.165, 1.54) is 55.8 Å². The van der Waals surface area contributed by atoms with Crippen molar-refractivity contribution in [1.29, 1.82) is 0 Å². The van der Waals surface area contributed by atoms with E-state index in [1.807, 2.05) is 0 Å². The van der Waals surface area contributed by atoms with Crippen LogP contribution in [0.3, 0.4) is 0 Å². The number of benzene rings is 4. The van der Waals surface area contributed by atoms with Gasteiger partial charge < -0.3 is 20.4 Å². The van der Waals surface area contributed by atoms with E-state index < -0.39 is 12.2 Å².